The average molecular weight is 272 g/mol. The highest BCUT2D eigenvalue weighted by molar-refractivity contribution is 5.79. The monoisotopic (exact) mass is 272 g/mol. The van der Waals surface area contributed by atoms with Gasteiger partial charge in [-0.05, 0) is 19.8 Å². The molecule has 1 fully saturated rings. The number of carbonyl (C=O) groups is 1. The third-order valence-electron chi connectivity index (χ3n) is 3.50. The van der Waals surface area contributed by atoms with Crippen LogP contribution in [0.25, 0.3) is 0 Å². The smallest absolute Gasteiger partial charge is 0.229 e. The molecule has 0 saturated carbocycles. The molecule has 0 aromatic carbocycles. The van der Waals surface area contributed by atoms with Crippen LogP contribution in [0.4, 0.5) is 0 Å². The highest BCUT2D eigenvalue weighted by Crippen LogP contribution is 2.32. The standard InChI is InChI=1S/C14H16N4O2/c1-10-7-13(20-17-10)12-3-2-6-18(12)14(19)8-11-9-15-4-5-16-11/h4-5,7,9,12H,2-3,6,8H2,1H3/t12-/m1/s1. The molecule has 3 heterocycles. The Morgan fingerprint density at radius 3 is 3.10 bits per heavy atom. The maximum absolute atomic E-state index is 12.4. The van der Waals surface area contributed by atoms with E-state index in [9.17, 15) is 4.79 Å². The van der Waals surface area contributed by atoms with Crippen LogP contribution in [0.1, 0.15) is 36.0 Å². The van der Waals surface area contributed by atoms with Gasteiger partial charge in [0.15, 0.2) is 5.76 Å². The third-order valence-corrected chi connectivity index (χ3v) is 3.50. The molecule has 1 amide bonds. The van der Waals surface area contributed by atoms with Crippen molar-refractivity contribution in [2.45, 2.75) is 32.2 Å². The van der Waals surface area contributed by atoms with Crippen LogP contribution in [-0.4, -0.2) is 32.5 Å². The number of hydrogen-bond donors (Lipinski definition) is 0. The van der Waals surface area contributed by atoms with Crippen LogP contribution in [0.15, 0.2) is 29.2 Å². The number of aryl methyl sites for hydroxylation is 1. The van der Waals surface area contributed by atoms with Crippen LogP contribution in [0.5, 0.6) is 0 Å². The summed E-state index contributed by atoms with van der Waals surface area (Å²) in [7, 11) is 0. The molecular formula is C14H16N4O2. The maximum Gasteiger partial charge on any atom is 0.229 e. The SMILES string of the molecule is Cc1cc([C@H]2CCCN2C(=O)Cc2cnccn2)on1. The van der Waals surface area contributed by atoms with E-state index < -0.39 is 0 Å². The summed E-state index contributed by atoms with van der Waals surface area (Å²) in [4.78, 5) is 22.4. The molecule has 0 unspecified atom stereocenters. The molecule has 1 saturated heterocycles. The Bertz CT molecular complexity index is 596. The molecule has 3 rings (SSSR count). The van der Waals surface area contributed by atoms with Gasteiger partial charge in [0.2, 0.25) is 5.91 Å². The summed E-state index contributed by atoms with van der Waals surface area (Å²) in [5, 5.41) is 3.90. The molecule has 0 bridgehead atoms. The summed E-state index contributed by atoms with van der Waals surface area (Å²) < 4.78 is 5.31. The lowest BCUT2D eigenvalue weighted by atomic mass is 10.1. The predicted octanol–water partition coefficient (Wildman–Crippen LogP) is 1.68. The second-order valence-corrected chi connectivity index (χ2v) is 4.99. The van der Waals surface area contributed by atoms with Crippen LogP contribution in [0.2, 0.25) is 0 Å². The molecular weight excluding hydrogens is 256 g/mol. The van der Waals surface area contributed by atoms with Gasteiger partial charge in [0, 0.05) is 31.2 Å². The summed E-state index contributed by atoms with van der Waals surface area (Å²) in [6.45, 7) is 2.64. The molecule has 104 valence electrons. The number of likely N-dealkylation sites (tertiary alicyclic amines) is 1. The van der Waals surface area contributed by atoms with Crippen molar-refractivity contribution in [3.8, 4) is 0 Å². The van der Waals surface area contributed by atoms with Crippen molar-refractivity contribution in [3.63, 3.8) is 0 Å². The van der Waals surface area contributed by atoms with Gasteiger partial charge in [-0.1, -0.05) is 5.16 Å². The fraction of sp³-hybridized carbons (Fsp3) is 0.429. The first-order chi connectivity index (χ1) is 9.74. The van der Waals surface area contributed by atoms with Crippen molar-refractivity contribution in [3.05, 3.63) is 41.8 Å². The lowest BCUT2D eigenvalue weighted by Gasteiger charge is -2.22. The summed E-state index contributed by atoms with van der Waals surface area (Å²) >= 11 is 0. The number of amides is 1. The van der Waals surface area contributed by atoms with Crippen LogP contribution in [0.3, 0.4) is 0 Å². The quantitative estimate of drug-likeness (QED) is 0.850. The van der Waals surface area contributed by atoms with Crippen molar-refractivity contribution >= 4 is 5.91 Å². The van der Waals surface area contributed by atoms with Crippen molar-refractivity contribution in [2.75, 3.05) is 6.54 Å². The molecule has 0 spiro atoms. The lowest BCUT2D eigenvalue weighted by Crippen LogP contribution is -2.31. The zero-order valence-electron chi connectivity index (χ0n) is 11.3. The average Bonchev–Trinajstić information content (AvgIpc) is 3.08. The minimum Gasteiger partial charge on any atom is -0.359 e. The van der Waals surface area contributed by atoms with Crippen LogP contribution < -0.4 is 0 Å². The van der Waals surface area contributed by atoms with Gasteiger partial charge in [-0.3, -0.25) is 14.8 Å². The van der Waals surface area contributed by atoms with E-state index in [1.165, 1.54) is 0 Å². The van der Waals surface area contributed by atoms with Gasteiger partial charge in [-0.15, -0.1) is 0 Å². The van der Waals surface area contributed by atoms with Gasteiger partial charge < -0.3 is 9.42 Å². The molecule has 2 aromatic heterocycles. The Morgan fingerprint density at radius 1 is 1.50 bits per heavy atom. The second-order valence-electron chi connectivity index (χ2n) is 4.99. The van der Waals surface area contributed by atoms with Crippen LogP contribution >= 0.6 is 0 Å². The number of hydrogen-bond acceptors (Lipinski definition) is 5. The summed E-state index contributed by atoms with van der Waals surface area (Å²) in [6, 6.07) is 1.90. The Morgan fingerprint density at radius 2 is 2.40 bits per heavy atom. The van der Waals surface area contributed by atoms with Crippen molar-refractivity contribution in [2.24, 2.45) is 0 Å². The highest BCUT2D eigenvalue weighted by Gasteiger charge is 2.32. The topological polar surface area (TPSA) is 72.1 Å². The zero-order chi connectivity index (χ0) is 13.9. The highest BCUT2D eigenvalue weighted by atomic mass is 16.5. The molecule has 1 atom stereocenters. The molecule has 0 radical (unpaired) electrons. The summed E-state index contributed by atoms with van der Waals surface area (Å²) in [5.41, 5.74) is 1.53. The summed E-state index contributed by atoms with van der Waals surface area (Å²) in [5.74, 6) is 0.828. The largest absolute Gasteiger partial charge is 0.359 e. The van der Waals surface area contributed by atoms with Gasteiger partial charge >= 0.3 is 0 Å². The molecule has 2 aromatic rings. The maximum atomic E-state index is 12.4. The molecule has 0 aliphatic carbocycles. The molecule has 1 aliphatic rings. The van der Waals surface area contributed by atoms with E-state index in [-0.39, 0.29) is 18.4 Å². The first-order valence-corrected chi connectivity index (χ1v) is 6.71. The number of aromatic nitrogens is 3. The van der Waals surface area contributed by atoms with Gasteiger partial charge in [0.25, 0.3) is 0 Å². The van der Waals surface area contributed by atoms with E-state index >= 15 is 0 Å². The first-order valence-electron chi connectivity index (χ1n) is 6.71. The third kappa shape index (κ3) is 2.54. The zero-order valence-corrected chi connectivity index (χ0v) is 11.3. The fourth-order valence-electron chi connectivity index (χ4n) is 2.58. The van der Waals surface area contributed by atoms with E-state index in [0.717, 1.165) is 30.8 Å². The minimum absolute atomic E-state index is 0.000344. The predicted molar refractivity (Wildman–Crippen MR) is 70.7 cm³/mol. The van der Waals surface area contributed by atoms with Gasteiger partial charge in [0.05, 0.1) is 23.9 Å². The molecule has 6 heteroatoms. The van der Waals surface area contributed by atoms with Crippen molar-refractivity contribution in [1.29, 1.82) is 0 Å². The second kappa shape index (κ2) is 5.40. The van der Waals surface area contributed by atoms with E-state index in [0.29, 0.717) is 5.69 Å². The summed E-state index contributed by atoms with van der Waals surface area (Å²) in [6.07, 6.45) is 7.00. The van der Waals surface area contributed by atoms with Gasteiger partial charge in [-0.2, -0.15) is 0 Å². The Hall–Kier alpha value is -2.24. The molecule has 6 nitrogen and oxygen atoms in total. The Labute approximate surface area is 116 Å². The molecule has 1 aliphatic heterocycles. The Balaban J connectivity index is 1.73. The van der Waals surface area contributed by atoms with E-state index in [4.69, 9.17) is 4.52 Å². The van der Waals surface area contributed by atoms with Crippen LogP contribution in [0, 0.1) is 6.92 Å². The van der Waals surface area contributed by atoms with E-state index in [1.807, 2.05) is 17.9 Å². The molecule has 20 heavy (non-hydrogen) atoms. The van der Waals surface area contributed by atoms with Crippen molar-refractivity contribution < 1.29 is 9.32 Å². The number of rotatable bonds is 3. The van der Waals surface area contributed by atoms with Gasteiger partial charge in [-0.25, -0.2) is 0 Å². The Kier molecular flexibility index (Phi) is 3.45. The van der Waals surface area contributed by atoms with Gasteiger partial charge in [0.1, 0.15) is 0 Å². The van der Waals surface area contributed by atoms with E-state index in [1.54, 1.807) is 18.6 Å². The first kappa shape index (κ1) is 12.8. The number of nitrogens with zero attached hydrogens (tertiary/aromatic N) is 4. The molecule has 0 N–H and O–H groups in total. The van der Waals surface area contributed by atoms with Crippen molar-refractivity contribution in [1.82, 2.24) is 20.0 Å². The number of carbonyl (C=O) groups excluding carboxylic acids is 1. The van der Waals surface area contributed by atoms with Crippen LogP contribution in [-0.2, 0) is 11.2 Å². The minimum atomic E-state index is 0.000344. The fourth-order valence-corrected chi connectivity index (χ4v) is 2.58. The van der Waals surface area contributed by atoms with E-state index in [2.05, 4.69) is 15.1 Å². The normalized spacial score (nSPS) is 18.4. The lowest BCUT2D eigenvalue weighted by molar-refractivity contribution is -0.131.